The van der Waals surface area contributed by atoms with Crippen molar-refractivity contribution < 1.29 is 16.8 Å². The lowest BCUT2D eigenvalue weighted by molar-refractivity contribution is 0.342. The second-order valence-corrected chi connectivity index (χ2v) is 10.6. The van der Waals surface area contributed by atoms with Crippen LogP contribution in [0, 0.1) is 5.92 Å². The van der Waals surface area contributed by atoms with Crippen molar-refractivity contribution in [3.63, 3.8) is 0 Å². The van der Waals surface area contributed by atoms with E-state index in [2.05, 4.69) is 4.72 Å². The highest BCUT2D eigenvalue weighted by molar-refractivity contribution is 7.92. The molecule has 0 aromatic rings. The third-order valence-electron chi connectivity index (χ3n) is 3.64. The molecule has 3 N–H and O–H groups in total. The monoisotopic (exact) mass is 326 g/mol. The van der Waals surface area contributed by atoms with E-state index in [0.29, 0.717) is 12.3 Å². The Morgan fingerprint density at radius 1 is 1.30 bits per heavy atom. The molecule has 1 saturated heterocycles. The molecule has 0 aromatic heterocycles. The molecule has 1 aliphatic rings. The maximum atomic E-state index is 12.4. The molecule has 0 saturated carbocycles. The van der Waals surface area contributed by atoms with Crippen LogP contribution < -0.4 is 10.5 Å². The molecule has 1 heterocycles. The highest BCUT2D eigenvalue weighted by Gasteiger charge is 2.37. The van der Waals surface area contributed by atoms with Gasteiger partial charge in [0.2, 0.25) is 10.0 Å². The van der Waals surface area contributed by atoms with Gasteiger partial charge in [-0.2, -0.15) is 0 Å². The maximum absolute atomic E-state index is 12.4. The largest absolute Gasteiger partial charge is 0.329 e. The van der Waals surface area contributed by atoms with Gasteiger partial charge >= 0.3 is 0 Å². The van der Waals surface area contributed by atoms with Crippen molar-refractivity contribution >= 4 is 19.9 Å². The predicted octanol–water partition coefficient (Wildman–Crippen LogP) is 0.247. The third-order valence-corrected chi connectivity index (χ3v) is 7.48. The van der Waals surface area contributed by atoms with Gasteiger partial charge in [-0.15, -0.1) is 0 Å². The molecular weight excluding hydrogens is 300 g/mol. The molecule has 0 spiro atoms. The number of rotatable bonds is 6. The minimum absolute atomic E-state index is 0.0535. The molecule has 0 aromatic carbocycles. The summed E-state index contributed by atoms with van der Waals surface area (Å²) in [7, 11) is -6.60. The Morgan fingerprint density at radius 2 is 1.80 bits per heavy atom. The van der Waals surface area contributed by atoms with Crippen molar-refractivity contribution in [1.29, 1.82) is 0 Å². The van der Waals surface area contributed by atoms with Gasteiger partial charge in [-0.3, -0.25) is 0 Å². The lowest BCUT2D eigenvalue weighted by Crippen LogP contribution is -2.55. The fourth-order valence-electron chi connectivity index (χ4n) is 2.67. The molecule has 0 bridgehead atoms. The standard InChI is InChI=1S/C12H26N2O4S2/c1-10(2)8-12(3,9-13)14-20(17,18)11-4-6-19(15,16)7-5-11/h10-11,14H,4-9,13H2,1-3H3. The summed E-state index contributed by atoms with van der Waals surface area (Å²) in [6, 6.07) is 0. The highest BCUT2D eigenvalue weighted by atomic mass is 32.2. The van der Waals surface area contributed by atoms with Crippen LogP contribution in [0.5, 0.6) is 0 Å². The van der Waals surface area contributed by atoms with Gasteiger partial charge in [0.15, 0.2) is 0 Å². The van der Waals surface area contributed by atoms with Crippen LogP contribution in [-0.4, -0.2) is 45.7 Å². The molecule has 1 unspecified atom stereocenters. The molecule has 8 heteroatoms. The summed E-state index contributed by atoms with van der Waals surface area (Å²) in [6.07, 6.45) is 0.980. The zero-order valence-electron chi connectivity index (χ0n) is 12.4. The lowest BCUT2D eigenvalue weighted by atomic mass is 9.92. The van der Waals surface area contributed by atoms with Crippen molar-refractivity contribution in [3.8, 4) is 0 Å². The number of nitrogens with two attached hydrogens (primary N) is 1. The summed E-state index contributed by atoms with van der Waals surface area (Å²) in [5.74, 6) is 0.211. The minimum atomic E-state index is -3.54. The predicted molar refractivity (Wildman–Crippen MR) is 80.6 cm³/mol. The van der Waals surface area contributed by atoms with Gasteiger partial charge < -0.3 is 5.73 Å². The van der Waals surface area contributed by atoms with Gasteiger partial charge in [0.25, 0.3) is 0 Å². The number of nitrogens with one attached hydrogen (secondary N) is 1. The van der Waals surface area contributed by atoms with E-state index in [0.717, 1.165) is 0 Å². The van der Waals surface area contributed by atoms with E-state index < -0.39 is 30.6 Å². The number of sulfonamides is 1. The average molecular weight is 326 g/mol. The van der Waals surface area contributed by atoms with E-state index in [1.54, 1.807) is 6.92 Å². The summed E-state index contributed by atoms with van der Waals surface area (Å²) in [6.45, 7) is 6.03. The van der Waals surface area contributed by atoms with Crippen LogP contribution in [0.25, 0.3) is 0 Å². The van der Waals surface area contributed by atoms with Crippen LogP contribution in [0.2, 0.25) is 0 Å². The molecule has 1 rings (SSSR count). The van der Waals surface area contributed by atoms with Crippen molar-refractivity contribution in [2.24, 2.45) is 11.7 Å². The summed E-state index contributed by atoms with van der Waals surface area (Å²) < 4.78 is 50.2. The van der Waals surface area contributed by atoms with Crippen LogP contribution in [-0.2, 0) is 19.9 Å². The van der Waals surface area contributed by atoms with Gasteiger partial charge in [-0.05, 0) is 32.1 Å². The van der Waals surface area contributed by atoms with Crippen LogP contribution >= 0.6 is 0 Å². The fraction of sp³-hybridized carbons (Fsp3) is 1.00. The topological polar surface area (TPSA) is 106 Å². The first-order chi connectivity index (χ1) is 9.00. The SMILES string of the molecule is CC(C)CC(C)(CN)NS(=O)(=O)C1CCS(=O)(=O)CC1. The molecule has 0 amide bonds. The fourth-order valence-corrected chi connectivity index (χ4v) is 6.34. The van der Waals surface area contributed by atoms with E-state index in [-0.39, 0.29) is 30.9 Å². The zero-order chi connectivity index (χ0) is 15.6. The van der Waals surface area contributed by atoms with Crippen molar-refractivity contribution in [1.82, 2.24) is 4.72 Å². The molecule has 0 radical (unpaired) electrons. The van der Waals surface area contributed by atoms with Crippen LogP contribution in [0.3, 0.4) is 0 Å². The smallest absolute Gasteiger partial charge is 0.215 e. The molecule has 1 aliphatic heterocycles. The molecular formula is C12H26N2O4S2. The first-order valence-electron chi connectivity index (χ1n) is 6.93. The Kier molecular flexibility index (Phi) is 5.62. The quantitative estimate of drug-likeness (QED) is 0.727. The summed E-state index contributed by atoms with van der Waals surface area (Å²) in [4.78, 5) is 0. The van der Waals surface area contributed by atoms with Crippen LogP contribution in [0.4, 0.5) is 0 Å². The molecule has 1 fully saturated rings. The Hall–Kier alpha value is -0.180. The second-order valence-electron chi connectivity index (χ2n) is 6.36. The van der Waals surface area contributed by atoms with Crippen LogP contribution in [0.15, 0.2) is 0 Å². The number of hydrogen-bond donors (Lipinski definition) is 2. The second kappa shape index (κ2) is 6.29. The Balaban J connectivity index is 2.79. The van der Waals surface area contributed by atoms with Crippen molar-refractivity contribution in [2.45, 2.75) is 50.8 Å². The Morgan fingerprint density at radius 3 is 2.20 bits per heavy atom. The van der Waals surface area contributed by atoms with E-state index in [1.807, 2.05) is 13.8 Å². The van der Waals surface area contributed by atoms with Gasteiger partial charge in [0.1, 0.15) is 9.84 Å². The Bertz CT molecular complexity index is 514. The lowest BCUT2D eigenvalue weighted by Gasteiger charge is -2.33. The van der Waals surface area contributed by atoms with Gasteiger partial charge in [-0.25, -0.2) is 21.6 Å². The van der Waals surface area contributed by atoms with E-state index in [9.17, 15) is 16.8 Å². The van der Waals surface area contributed by atoms with E-state index in [1.165, 1.54) is 0 Å². The van der Waals surface area contributed by atoms with Gasteiger partial charge in [-0.1, -0.05) is 13.8 Å². The normalized spacial score (nSPS) is 23.6. The van der Waals surface area contributed by atoms with Crippen molar-refractivity contribution in [2.75, 3.05) is 18.1 Å². The van der Waals surface area contributed by atoms with Crippen molar-refractivity contribution in [3.05, 3.63) is 0 Å². The van der Waals surface area contributed by atoms with E-state index in [4.69, 9.17) is 5.73 Å². The van der Waals surface area contributed by atoms with Gasteiger partial charge in [0, 0.05) is 12.1 Å². The first kappa shape index (κ1) is 17.9. The number of sulfone groups is 1. The third kappa shape index (κ3) is 4.98. The highest BCUT2D eigenvalue weighted by Crippen LogP contribution is 2.23. The molecule has 0 aliphatic carbocycles. The van der Waals surface area contributed by atoms with Crippen LogP contribution in [0.1, 0.15) is 40.0 Å². The summed E-state index contributed by atoms with van der Waals surface area (Å²) >= 11 is 0. The zero-order valence-corrected chi connectivity index (χ0v) is 14.1. The molecule has 20 heavy (non-hydrogen) atoms. The summed E-state index contributed by atoms with van der Waals surface area (Å²) in [5, 5.41) is -0.635. The maximum Gasteiger partial charge on any atom is 0.215 e. The first-order valence-corrected chi connectivity index (χ1v) is 10.3. The Labute approximate surface area is 122 Å². The molecule has 1 atom stereocenters. The van der Waals surface area contributed by atoms with E-state index >= 15 is 0 Å². The number of hydrogen-bond acceptors (Lipinski definition) is 5. The van der Waals surface area contributed by atoms with Gasteiger partial charge in [0.05, 0.1) is 16.8 Å². The summed E-state index contributed by atoms with van der Waals surface area (Å²) in [5.41, 5.74) is 5.04. The molecule has 120 valence electrons. The minimum Gasteiger partial charge on any atom is -0.329 e. The molecule has 6 nitrogen and oxygen atoms in total. The average Bonchev–Trinajstić information content (AvgIpc) is 2.26.